The molecule has 1 unspecified atom stereocenters. The summed E-state index contributed by atoms with van der Waals surface area (Å²) in [5, 5.41) is 7.02. The second kappa shape index (κ2) is 6.38. The van der Waals surface area contributed by atoms with Crippen LogP contribution in [0, 0.1) is 0 Å². The lowest BCUT2D eigenvalue weighted by Crippen LogP contribution is -2.39. The summed E-state index contributed by atoms with van der Waals surface area (Å²) in [4.78, 5) is 23.3. The minimum Gasteiger partial charge on any atom is -0.296 e. The van der Waals surface area contributed by atoms with Gasteiger partial charge in [-0.15, -0.1) is 0 Å². The van der Waals surface area contributed by atoms with Crippen LogP contribution < -0.4 is 5.32 Å². The average Bonchev–Trinajstić information content (AvgIpc) is 2.92. The third-order valence-corrected chi connectivity index (χ3v) is 4.29. The number of amides is 2. The van der Waals surface area contributed by atoms with E-state index in [0.717, 1.165) is 16.7 Å². The second-order valence-corrected chi connectivity index (χ2v) is 5.91. The van der Waals surface area contributed by atoms with Gasteiger partial charge >= 0.3 is 0 Å². The Balaban J connectivity index is 1.88. The van der Waals surface area contributed by atoms with Crippen molar-refractivity contribution in [3.8, 4) is 0 Å². The summed E-state index contributed by atoms with van der Waals surface area (Å²) < 4.78 is 1.72. The topological polar surface area (TPSA) is 64.0 Å². The number of halogens is 1. The van der Waals surface area contributed by atoms with Gasteiger partial charge in [0.25, 0.3) is 0 Å². The molecule has 2 amide bonds. The minimum absolute atomic E-state index is 0.227. The van der Waals surface area contributed by atoms with Gasteiger partial charge in [-0.3, -0.25) is 19.6 Å². The van der Waals surface area contributed by atoms with Crippen LogP contribution in [0.4, 0.5) is 0 Å². The van der Waals surface area contributed by atoms with E-state index in [2.05, 4.69) is 10.4 Å². The van der Waals surface area contributed by atoms with Crippen LogP contribution in [0.1, 0.15) is 35.4 Å². The summed E-state index contributed by atoms with van der Waals surface area (Å²) in [6.45, 7) is 0. The van der Waals surface area contributed by atoms with Crippen LogP contribution in [0.25, 0.3) is 12.2 Å². The highest BCUT2D eigenvalue weighted by atomic mass is 35.5. The van der Waals surface area contributed by atoms with Crippen LogP contribution in [0.3, 0.4) is 0 Å². The zero-order valence-corrected chi connectivity index (χ0v) is 13.4. The Labute approximate surface area is 138 Å². The van der Waals surface area contributed by atoms with Crippen LogP contribution >= 0.6 is 11.6 Å². The highest BCUT2D eigenvalue weighted by molar-refractivity contribution is 6.33. The molecule has 0 bridgehead atoms. The van der Waals surface area contributed by atoms with Crippen molar-refractivity contribution >= 4 is 35.6 Å². The molecule has 0 radical (unpaired) electrons. The highest BCUT2D eigenvalue weighted by Gasteiger charge is 2.29. The maximum Gasteiger partial charge on any atom is 0.234 e. The number of hydrogen-bond acceptors (Lipinski definition) is 3. The minimum atomic E-state index is -0.382. The van der Waals surface area contributed by atoms with Crippen molar-refractivity contribution in [3.05, 3.63) is 52.3 Å². The van der Waals surface area contributed by atoms with Crippen molar-refractivity contribution < 1.29 is 9.59 Å². The third kappa shape index (κ3) is 3.35. The fourth-order valence-electron chi connectivity index (χ4n) is 2.67. The van der Waals surface area contributed by atoms with E-state index in [4.69, 9.17) is 11.6 Å². The molecule has 6 heteroatoms. The number of aryl methyl sites for hydroxylation is 1. The van der Waals surface area contributed by atoms with Crippen LogP contribution in [-0.2, 0) is 16.6 Å². The van der Waals surface area contributed by atoms with E-state index in [1.807, 2.05) is 43.6 Å². The van der Waals surface area contributed by atoms with E-state index in [1.54, 1.807) is 10.9 Å². The molecule has 23 heavy (non-hydrogen) atoms. The molecule has 1 fully saturated rings. The van der Waals surface area contributed by atoms with Gasteiger partial charge in [0.15, 0.2) is 0 Å². The normalized spacial score (nSPS) is 18.4. The monoisotopic (exact) mass is 329 g/mol. The van der Waals surface area contributed by atoms with Gasteiger partial charge in [0, 0.05) is 25.2 Å². The van der Waals surface area contributed by atoms with Crippen molar-refractivity contribution in [1.29, 1.82) is 0 Å². The predicted molar refractivity (Wildman–Crippen MR) is 88.7 cm³/mol. The summed E-state index contributed by atoms with van der Waals surface area (Å²) in [6.07, 6.45) is 8.29. The number of nitrogens with zero attached hydrogens (tertiary/aromatic N) is 2. The Bertz CT molecular complexity index is 795. The maximum atomic E-state index is 12.0. The SMILES string of the molecule is Cn1cc(C=Cc2cccc(C3CCC(=O)NC3=O)c2Cl)cn1. The lowest BCUT2D eigenvalue weighted by atomic mass is 9.89. The fourth-order valence-corrected chi connectivity index (χ4v) is 2.99. The van der Waals surface area contributed by atoms with Gasteiger partial charge in [0.1, 0.15) is 0 Å². The lowest BCUT2D eigenvalue weighted by molar-refractivity contribution is -0.134. The standard InChI is InChI=1S/C17H16ClN3O2/c1-21-10-11(9-19-21)5-6-12-3-2-4-13(16(12)18)14-7-8-15(22)20-17(14)23/h2-6,9-10,14H,7-8H2,1H3,(H,20,22,23). The molecule has 118 valence electrons. The molecule has 2 aromatic rings. The Morgan fingerprint density at radius 3 is 2.87 bits per heavy atom. The van der Waals surface area contributed by atoms with Gasteiger partial charge in [-0.1, -0.05) is 42.0 Å². The summed E-state index contributed by atoms with van der Waals surface area (Å²) in [7, 11) is 1.86. The Hall–Kier alpha value is -2.40. The molecular formula is C17H16ClN3O2. The molecule has 0 aliphatic carbocycles. The Morgan fingerprint density at radius 1 is 1.35 bits per heavy atom. The van der Waals surface area contributed by atoms with Gasteiger partial charge in [0.05, 0.1) is 17.1 Å². The molecule has 3 rings (SSSR count). The molecule has 0 saturated carbocycles. The first-order valence-electron chi connectivity index (χ1n) is 7.33. The van der Waals surface area contributed by atoms with Gasteiger partial charge in [-0.2, -0.15) is 5.10 Å². The van der Waals surface area contributed by atoms with Crippen molar-refractivity contribution in [3.63, 3.8) is 0 Å². The largest absolute Gasteiger partial charge is 0.296 e. The van der Waals surface area contributed by atoms with E-state index >= 15 is 0 Å². The summed E-state index contributed by atoms with van der Waals surface area (Å²) in [5.74, 6) is -0.890. The highest BCUT2D eigenvalue weighted by Crippen LogP contribution is 2.33. The van der Waals surface area contributed by atoms with E-state index < -0.39 is 0 Å². The number of piperidine rings is 1. The van der Waals surface area contributed by atoms with Gasteiger partial charge < -0.3 is 0 Å². The molecule has 2 heterocycles. The zero-order valence-electron chi connectivity index (χ0n) is 12.6. The maximum absolute atomic E-state index is 12.0. The van der Waals surface area contributed by atoms with Crippen molar-refractivity contribution in [2.24, 2.45) is 7.05 Å². The number of carbonyl (C=O) groups excluding carboxylic acids is 2. The summed E-state index contributed by atoms with van der Waals surface area (Å²) >= 11 is 6.48. The Kier molecular flexibility index (Phi) is 4.30. The first-order chi connectivity index (χ1) is 11.0. The van der Waals surface area contributed by atoms with E-state index in [1.165, 1.54) is 0 Å². The number of imide groups is 1. The van der Waals surface area contributed by atoms with Crippen molar-refractivity contribution in [2.45, 2.75) is 18.8 Å². The molecule has 1 atom stereocenters. The van der Waals surface area contributed by atoms with Crippen LogP contribution in [0.15, 0.2) is 30.6 Å². The number of aromatic nitrogens is 2. The number of carbonyl (C=O) groups is 2. The van der Waals surface area contributed by atoms with Gasteiger partial charge in [-0.25, -0.2) is 0 Å². The first-order valence-corrected chi connectivity index (χ1v) is 7.71. The zero-order chi connectivity index (χ0) is 16.4. The second-order valence-electron chi connectivity index (χ2n) is 5.53. The number of benzene rings is 1. The third-order valence-electron chi connectivity index (χ3n) is 3.85. The molecule has 1 saturated heterocycles. The molecule has 0 spiro atoms. The number of rotatable bonds is 3. The van der Waals surface area contributed by atoms with E-state index in [0.29, 0.717) is 17.9 Å². The summed E-state index contributed by atoms with van der Waals surface area (Å²) in [5.41, 5.74) is 2.55. The molecule has 1 aromatic heterocycles. The quantitative estimate of drug-likeness (QED) is 0.881. The van der Waals surface area contributed by atoms with Crippen LogP contribution in [0.2, 0.25) is 5.02 Å². The molecule has 1 aliphatic rings. The molecular weight excluding hydrogens is 314 g/mol. The molecule has 1 N–H and O–H groups in total. The number of hydrogen-bond donors (Lipinski definition) is 1. The average molecular weight is 330 g/mol. The number of nitrogens with one attached hydrogen (secondary N) is 1. The van der Waals surface area contributed by atoms with Gasteiger partial charge in [0.2, 0.25) is 11.8 Å². The molecule has 5 nitrogen and oxygen atoms in total. The lowest BCUT2D eigenvalue weighted by Gasteiger charge is -2.22. The fraction of sp³-hybridized carbons (Fsp3) is 0.235. The van der Waals surface area contributed by atoms with Gasteiger partial charge in [-0.05, 0) is 17.5 Å². The summed E-state index contributed by atoms with van der Waals surface area (Å²) in [6, 6.07) is 5.60. The first kappa shape index (κ1) is 15.5. The van der Waals surface area contributed by atoms with E-state index in [9.17, 15) is 9.59 Å². The van der Waals surface area contributed by atoms with E-state index in [-0.39, 0.29) is 17.7 Å². The van der Waals surface area contributed by atoms with Crippen LogP contribution in [-0.4, -0.2) is 21.6 Å². The predicted octanol–water partition coefficient (Wildman–Crippen LogP) is 2.76. The molecule has 1 aromatic carbocycles. The molecule has 1 aliphatic heterocycles. The van der Waals surface area contributed by atoms with Crippen molar-refractivity contribution in [2.75, 3.05) is 0 Å². The van der Waals surface area contributed by atoms with Crippen molar-refractivity contribution in [1.82, 2.24) is 15.1 Å². The Morgan fingerprint density at radius 2 is 2.17 bits per heavy atom. The smallest absolute Gasteiger partial charge is 0.234 e. The van der Waals surface area contributed by atoms with Crippen LogP contribution in [0.5, 0.6) is 0 Å².